The van der Waals surface area contributed by atoms with E-state index < -0.39 is 11.8 Å². The van der Waals surface area contributed by atoms with Crippen LogP contribution in [0.2, 0.25) is 0 Å². The predicted octanol–water partition coefficient (Wildman–Crippen LogP) is -0.861. The SMILES string of the molecule is O=C1NC(=NCC2CCC(O)CC2)NC1=O. The highest BCUT2D eigenvalue weighted by Gasteiger charge is 2.25. The van der Waals surface area contributed by atoms with Gasteiger partial charge in [0, 0.05) is 6.54 Å². The third-order valence-corrected chi connectivity index (χ3v) is 2.99. The molecule has 0 atom stereocenters. The van der Waals surface area contributed by atoms with Gasteiger partial charge in [-0.3, -0.25) is 25.2 Å². The Morgan fingerprint density at radius 2 is 1.69 bits per heavy atom. The van der Waals surface area contributed by atoms with E-state index in [-0.39, 0.29) is 12.1 Å². The zero-order valence-electron chi connectivity index (χ0n) is 8.90. The van der Waals surface area contributed by atoms with E-state index in [0.717, 1.165) is 25.7 Å². The summed E-state index contributed by atoms with van der Waals surface area (Å²) < 4.78 is 0. The minimum absolute atomic E-state index is 0.171. The first kappa shape index (κ1) is 11.1. The van der Waals surface area contributed by atoms with E-state index in [1.807, 2.05) is 0 Å². The third kappa shape index (κ3) is 2.57. The van der Waals surface area contributed by atoms with Crippen molar-refractivity contribution < 1.29 is 14.7 Å². The largest absolute Gasteiger partial charge is 0.393 e. The molecule has 0 aromatic heterocycles. The summed E-state index contributed by atoms with van der Waals surface area (Å²) in [5.41, 5.74) is 0. The van der Waals surface area contributed by atoms with Crippen molar-refractivity contribution in [1.82, 2.24) is 10.6 Å². The van der Waals surface area contributed by atoms with E-state index in [4.69, 9.17) is 0 Å². The first-order valence-corrected chi connectivity index (χ1v) is 5.50. The Labute approximate surface area is 93.1 Å². The molecule has 2 rings (SSSR count). The number of aliphatic imine (C=N–C) groups is 1. The second-order valence-corrected chi connectivity index (χ2v) is 4.27. The molecule has 1 heterocycles. The predicted molar refractivity (Wildman–Crippen MR) is 56.6 cm³/mol. The molecule has 0 bridgehead atoms. The molecule has 3 N–H and O–H groups in total. The van der Waals surface area contributed by atoms with Crippen LogP contribution in [-0.2, 0) is 9.59 Å². The average Bonchev–Trinajstić information content (AvgIpc) is 2.58. The molecule has 2 aliphatic rings. The van der Waals surface area contributed by atoms with Crippen molar-refractivity contribution in [3.63, 3.8) is 0 Å². The lowest BCUT2D eigenvalue weighted by Crippen LogP contribution is -2.27. The van der Waals surface area contributed by atoms with Crippen LogP contribution in [0.25, 0.3) is 0 Å². The number of hydrogen-bond donors (Lipinski definition) is 3. The van der Waals surface area contributed by atoms with E-state index in [1.54, 1.807) is 0 Å². The van der Waals surface area contributed by atoms with Gasteiger partial charge in [-0.25, -0.2) is 0 Å². The first-order valence-electron chi connectivity index (χ1n) is 5.50. The van der Waals surface area contributed by atoms with Gasteiger partial charge in [-0.05, 0) is 31.6 Å². The zero-order valence-corrected chi connectivity index (χ0v) is 8.90. The number of aliphatic hydroxyl groups excluding tert-OH is 1. The van der Waals surface area contributed by atoms with Crippen LogP contribution in [0.1, 0.15) is 25.7 Å². The molecule has 6 nitrogen and oxygen atoms in total. The van der Waals surface area contributed by atoms with Crippen LogP contribution >= 0.6 is 0 Å². The van der Waals surface area contributed by atoms with Gasteiger partial charge in [-0.1, -0.05) is 0 Å². The molecular weight excluding hydrogens is 210 g/mol. The van der Waals surface area contributed by atoms with Crippen molar-refractivity contribution in [2.24, 2.45) is 10.9 Å². The number of aliphatic hydroxyl groups is 1. The molecule has 1 aliphatic heterocycles. The standard InChI is InChI=1S/C10H15N3O3/c14-7-3-1-6(2-4-7)5-11-10-12-8(15)9(16)13-10/h6-7,14H,1-5H2,(H2,11,12,13,15,16). The minimum Gasteiger partial charge on any atom is -0.393 e. The van der Waals surface area contributed by atoms with Gasteiger partial charge in [0.2, 0.25) is 5.96 Å². The zero-order chi connectivity index (χ0) is 11.5. The fourth-order valence-corrected chi connectivity index (χ4v) is 1.99. The van der Waals surface area contributed by atoms with Crippen molar-refractivity contribution in [2.45, 2.75) is 31.8 Å². The summed E-state index contributed by atoms with van der Waals surface area (Å²) in [6.07, 6.45) is 3.34. The van der Waals surface area contributed by atoms with Gasteiger partial charge >= 0.3 is 11.8 Å². The van der Waals surface area contributed by atoms with Crippen molar-refractivity contribution >= 4 is 17.8 Å². The molecule has 0 aromatic rings. The normalized spacial score (nSPS) is 29.9. The Kier molecular flexibility index (Phi) is 3.19. The molecule has 1 aliphatic carbocycles. The molecule has 2 fully saturated rings. The highest BCUT2D eigenvalue weighted by atomic mass is 16.3. The summed E-state index contributed by atoms with van der Waals surface area (Å²) in [6.45, 7) is 0.586. The lowest BCUT2D eigenvalue weighted by Gasteiger charge is -2.23. The fourth-order valence-electron chi connectivity index (χ4n) is 1.99. The van der Waals surface area contributed by atoms with Gasteiger partial charge < -0.3 is 5.11 Å². The topological polar surface area (TPSA) is 90.8 Å². The number of hydrogen-bond acceptors (Lipinski definition) is 4. The Morgan fingerprint density at radius 3 is 2.25 bits per heavy atom. The Hall–Kier alpha value is -1.43. The van der Waals surface area contributed by atoms with Gasteiger partial charge in [0.25, 0.3) is 0 Å². The van der Waals surface area contributed by atoms with E-state index in [0.29, 0.717) is 12.5 Å². The second kappa shape index (κ2) is 4.61. The molecular formula is C10H15N3O3. The lowest BCUT2D eigenvalue weighted by atomic mass is 9.88. The molecule has 1 saturated heterocycles. The summed E-state index contributed by atoms with van der Waals surface area (Å²) >= 11 is 0. The van der Waals surface area contributed by atoms with Crippen molar-refractivity contribution in [3.05, 3.63) is 0 Å². The molecule has 0 aromatic carbocycles. The number of guanidine groups is 1. The summed E-state index contributed by atoms with van der Waals surface area (Å²) in [5.74, 6) is -0.623. The van der Waals surface area contributed by atoms with Crippen LogP contribution in [0, 0.1) is 5.92 Å². The molecule has 88 valence electrons. The monoisotopic (exact) mass is 225 g/mol. The highest BCUT2D eigenvalue weighted by Crippen LogP contribution is 2.24. The quantitative estimate of drug-likeness (QED) is 0.534. The molecule has 2 amide bonds. The minimum atomic E-state index is -0.655. The summed E-state index contributed by atoms with van der Waals surface area (Å²) in [7, 11) is 0. The van der Waals surface area contributed by atoms with Crippen LogP contribution in [0.15, 0.2) is 4.99 Å². The molecule has 16 heavy (non-hydrogen) atoms. The number of amides is 2. The molecule has 1 saturated carbocycles. The Bertz CT molecular complexity index is 314. The summed E-state index contributed by atoms with van der Waals surface area (Å²) in [6, 6.07) is 0. The maximum absolute atomic E-state index is 10.8. The van der Waals surface area contributed by atoms with Crippen LogP contribution in [0.3, 0.4) is 0 Å². The lowest BCUT2D eigenvalue weighted by molar-refractivity contribution is -0.135. The van der Waals surface area contributed by atoms with Gasteiger partial charge in [0.1, 0.15) is 0 Å². The van der Waals surface area contributed by atoms with E-state index in [9.17, 15) is 14.7 Å². The number of rotatable bonds is 2. The molecule has 0 unspecified atom stereocenters. The van der Waals surface area contributed by atoms with Gasteiger partial charge in [-0.2, -0.15) is 0 Å². The number of carbonyl (C=O) groups excluding carboxylic acids is 2. The van der Waals surface area contributed by atoms with Crippen LogP contribution in [-0.4, -0.2) is 35.5 Å². The van der Waals surface area contributed by atoms with Crippen LogP contribution < -0.4 is 10.6 Å². The number of carbonyl (C=O) groups is 2. The van der Waals surface area contributed by atoms with Gasteiger partial charge in [-0.15, -0.1) is 0 Å². The maximum atomic E-state index is 10.8. The van der Waals surface area contributed by atoms with Crippen molar-refractivity contribution in [3.8, 4) is 0 Å². The van der Waals surface area contributed by atoms with Crippen LogP contribution in [0.4, 0.5) is 0 Å². The third-order valence-electron chi connectivity index (χ3n) is 2.99. The Balaban J connectivity index is 1.81. The highest BCUT2D eigenvalue weighted by molar-refractivity contribution is 6.45. The van der Waals surface area contributed by atoms with Crippen molar-refractivity contribution in [2.75, 3.05) is 6.54 Å². The van der Waals surface area contributed by atoms with Crippen molar-refractivity contribution in [1.29, 1.82) is 0 Å². The van der Waals surface area contributed by atoms with E-state index in [1.165, 1.54) is 0 Å². The van der Waals surface area contributed by atoms with Gasteiger partial charge in [0.15, 0.2) is 0 Å². The summed E-state index contributed by atoms with van der Waals surface area (Å²) in [5, 5.41) is 14.0. The number of nitrogens with one attached hydrogen (secondary N) is 2. The van der Waals surface area contributed by atoms with Crippen LogP contribution in [0.5, 0.6) is 0 Å². The van der Waals surface area contributed by atoms with E-state index in [2.05, 4.69) is 15.6 Å². The Morgan fingerprint density at radius 1 is 1.12 bits per heavy atom. The summed E-state index contributed by atoms with van der Waals surface area (Å²) in [4.78, 5) is 25.8. The molecule has 0 spiro atoms. The first-order chi connectivity index (χ1) is 7.65. The molecule has 6 heteroatoms. The fraction of sp³-hybridized carbons (Fsp3) is 0.700. The smallest absolute Gasteiger partial charge is 0.316 e. The second-order valence-electron chi connectivity index (χ2n) is 4.27. The van der Waals surface area contributed by atoms with E-state index >= 15 is 0 Å². The average molecular weight is 225 g/mol. The molecule has 0 radical (unpaired) electrons. The number of nitrogens with zero attached hydrogens (tertiary/aromatic N) is 1. The maximum Gasteiger partial charge on any atom is 0.316 e. The van der Waals surface area contributed by atoms with Gasteiger partial charge in [0.05, 0.1) is 6.10 Å².